The monoisotopic (exact) mass is 292 g/mol. The van der Waals surface area contributed by atoms with Crippen molar-refractivity contribution in [2.24, 2.45) is 5.92 Å². The summed E-state index contributed by atoms with van der Waals surface area (Å²) < 4.78 is 6.46. The van der Waals surface area contributed by atoms with Crippen LogP contribution in [0.15, 0.2) is 24.3 Å². The van der Waals surface area contributed by atoms with E-state index in [1.807, 2.05) is 24.3 Å². The SMILES string of the molecule is CC(C)COCCNC(=O)c1sc2ccccc2c1N. The number of rotatable bonds is 6. The van der Waals surface area contributed by atoms with Crippen LogP contribution in [0.4, 0.5) is 5.69 Å². The van der Waals surface area contributed by atoms with Crippen LogP contribution in [0, 0.1) is 5.92 Å². The molecule has 0 fully saturated rings. The number of nitrogen functional groups attached to an aromatic ring is 1. The van der Waals surface area contributed by atoms with Crippen LogP contribution in [0.25, 0.3) is 10.1 Å². The molecule has 1 aromatic heterocycles. The van der Waals surface area contributed by atoms with Gasteiger partial charge in [-0.25, -0.2) is 0 Å². The van der Waals surface area contributed by atoms with E-state index in [9.17, 15) is 4.79 Å². The van der Waals surface area contributed by atoms with E-state index in [4.69, 9.17) is 10.5 Å². The number of thiophene rings is 1. The number of benzene rings is 1. The van der Waals surface area contributed by atoms with Crippen molar-refractivity contribution in [2.45, 2.75) is 13.8 Å². The molecule has 2 rings (SSSR count). The van der Waals surface area contributed by atoms with E-state index >= 15 is 0 Å². The first-order chi connectivity index (χ1) is 9.59. The highest BCUT2D eigenvalue weighted by Gasteiger charge is 2.15. The van der Waals surface area contributed by atoms with Crippen molar-refractivity contribution in [1.29, 1.82) is 0 Å². The Kier molecular flexibility index (Phi) is 4.98. The van der Waals surface area contributed by atoms with Gasteiger partial charge in [0, 0.05) is 23.2 Å². The topological polar surface area (TPSA) is 64.3 Å². The lowest BCUT2D eigenvalue weighted by molar-refractivity contribution is 0.0890. The number of nitrogens with two attached hydrogens (primary N) is 1. The molecular weight excluding hydrogens is 272 g/mol. The third-order valence-corrected chi connectivity index (χ3v) is 4.01. The molecule has 0 aliphatic rings. The highest BCUT2D eigenvalue weighted by Crippen LogP contribution is 2.33. The number of nitrogens with one attached hydrogen (secondary N) is 1. The maximum Gasteiger partial charge on any atom is 0.263 e. The molecule has 1 heterocycles. The van der Waals surface area contributed by atoms with E-state index in [1.54, 1.807) is 0 Å². The molecule has 0 bridgehead atoms. The largest absolute Gasteiger partial charge is 0.397 e. The summed E-state index contributed by atoms with van der Waals surface area (Å²) in [6.07, 6.45) is 0. The summed E-state index contributed by atoms with van der Waals surface area (Å²) in [5.41, 5.74) is 6.59. The van der Waals surface area contributed by atoms with Gasteiger partial charge in [0.1, 0.15) is 4.88 Å². The molecule has 3 N–H and O–H groups in total. The fraction of sp³-hybridized carbons (Fsp3) is 0.400. The highest BCUT2D eigenvalue weighted by atomic mass is 32.1. The number of hydrogen-bond donors (Lipinski definition) is 2. The number of amides is 1. The molecule has 2 aromatic rings. The normalized spacial score (nSPS) is 11.2. The van der Waals surface area contributed by atoms with Gasteiger partial charge in [-0.15, -0.1) is 11.3 Å². The summed E-state index contributed by atoms with van der Waals surface area (Å²) in [5.74, 6) is 0.376. The van der Waals surface area contributed by atoms with E-state index < -0.39 is 0 Å². The van der Waals surface area contributed by atoms with Crippen molar-refractivity contribution in [3.63, 3.8) is 0 Å². The quantitative estimate of drug-likeness (QED) is 0.805. The molecule has 0 saturated carbocycles. The summed E-state index contributed by atoms with van der Waals surface area (Å²) in [6.45, 7) is 5.92. The van der Waals surface area contributed by atoms with Crippen molar-refractivity contribution in [3.05, 3.63) is 29.1 Å². The fourth-order valence-electron chi connectivity index (χ4n) is 1.87. The van der Waals surface area contributed by atoms with Crippen LogP contribution in [0.3, 0.4) is 0 Å². The molecule has 0 radical (unpaired) electrons. The Morgan fingerprint density at radius 2 is 2.15 bits per heavy atom. The summed E-state index contributed by atoms with van der Waals surface area (Å²) in [7, 11) is 0. The molecule has 1 aromatic carbocycles. The molecule has 20 heavy (non-hydrogen) atoms. The minimum Gasteiger partial charge on any atom is -0.397 e. The van der Waals surface area contributed by atoms with Crippen LogP contribution in [0.1, 0.15) is 23.5 Å². The van der Waals surface area contributed by atoms with Crippen molar-refractivity contribution in [2.75, 3.05) is 25.5 Å². The standard InChI is InChI=1S/C15H20N2O2S/c1-10(2)9-19-8-7-17-15(18)14-13(16)11-5-3-4-6-12(11)20-14/h3-6,10H,7-9,16H2,1-2H3,(H,17,18). The summed E-state index contributed by atoms with van der Waals surface area (Å²) >= 11 is 1.42. The lowest BCUT2D eigenvalue weighted by atomic mass is 10.2. The van der Waals surface area contributed by atoms with Crippen molar-refractivity contribution >= 4 is 33.0 Å². The molecular formula is C15H20N2O2S. The molecule has 1 amide bonds. The first-order valence-corrected chi connectivity index (χ1v) is 7.54. The Bertz CT molecular complexity index is 593. The van der Waals surface area contributed by atoms with Crippen LogP contribution in [-0.2, 0) is 4.74 Å². The zero-order valence-electron chi connectivity index (χ0n) is 11.8. The van der Waals surface area contributed by atoms with Crippen LogP contribution < -0.4 is 11.1 Å². The van der Waals surface area contributed by atoms with Crippen molar-refractivity contribution in [3.8, 4) is 0 Å². The maximum atomic E-state index is 12.1. The molecule has 0 aliphatic heterocycles. The molecule has 4 nitrogen and oxygen atoms in total. The smallest absolute Gasteiger partial charge is 0.263 e. The Balaban J connectivity index is 1.93. The molecule has 0 atom stereocenters. The summed E-state index contributed by atoms with van der Waals surface area (Å²) in [5, 5.41) is 3.78. The maximum absolute atomic E-state index is 12.1. The number of carbonyl (C=O) groups is 1. The van der Waals surface area contributed by atoms with E-state index in [0.29, 0.717) is 36.2 Å². The molecule has 0 saturated heterocycles. The zero-order valence-corrected chi connectivity index (χ0v) is 12.6. The number of ether oxygens (including phenoxy) is 1. The van der Waals surface area contributed by atoms with Crippen molar-refractivity contribution < 1.29 is 9.53 Å². The van der Waals surface area contributed by atoms with Crippen LogP contribution in [0.2, 0.25) is 0 Å². The second-order valence-corrected chi connectivity index (χ2v) is 6.12. The van der Waals surface area contributed by atoms with Crippen LogP contribution >= 0.6 is 11.3 Å². The lowest BCUT2D eigenvalue weighted by Crippen LogP contribution is -2.27. The van der Waals surface area contributed by atoms with Gasteiger partial charge in [0.05, 0.1) is 12.3 Å². The third-order valence-electron chi connectivity index (χ3n) is 2.82. The van der Waals surface area contributed by atoms with Crippen LogP contribution in [-0.4, -0.2) is 25.7 Å². The average molecular weight is 292 g/mol. The first kappa shape index (κ1) is 14.8. The van der Waals surface area contributed by atoms with Gasteiger partial charge in [-0.1, -0.05) is 32.0 Å². The van der Waals surface area contributed by atoms with E-state index in [-0.39, 0.29) is 5.91 Å². The zero-order chi connectivity index (χ0) is 14.5. The van der Waals surface area contributed by atoms with Gasteiger partial charge in [0.25, 0.3) is 5.91 Å². The molecule has 0 unspecified atom stereocenters. The minimum absolute atomic E-state index is 0.128. The van der Waals surface area contributed by atoms with Gasteiger partial charge in [-0.05, 0) is 12.0 Å². The Hall–Kier alpha value is -1.59. The third kappa shape index (κ3) is 3.49. The van der Waals surface area contributed by atoms with Gasteiger partial charge in [-0.2, -0.15) is 0 Å². The molecule has 5 heteroatoms. The van der Waals surface area contributed by atoms with Crippen LogP contribution in [0.5, 0.6) is 0 Å². The summed E-state index contributed by atoms with van der Waals surface area (Å²) in [6, 6.07) is 7.77. The predicted molar refractivity (Wildman–Crippen MR) is 84.2 cm³/mol. The fourth-order valence-corrected chi connectivity index (χ4v) is 2.91. The second kappa shape index (κ2) is 6.72. The van der Waals surface area contributed by atoms with Gasteiger partial charge in [-0.3, -0.25) is 4.79 Å². The van der Waals surface area contributed by atoms with Crippen molar-refractivity contribution in [1.82, 2.24) is 5.32 Å². The molecule has 108 valence electrons. The second-order valence-electron chi connectivity index (χ2n) is 5.07. The predicted octanol–water partition coefficient (Wildman–Crippen LogP) is 2.89. The lowest BCUT2D eigenvalue weighted by Gasteiger charge is -2.07. The number of carbonyl (C=O) groups excluding carboxylic acids is 1. The van der Waals surface area contributed by atoms with E-state index in [2.05, 4.69) is 19.2 Å². The minimum atomic E-state index is -0.128. The molecule has 0 spiro atoms. The average Bonchev–Trinajstić information content (AvgIpc) is 2.76. The van der Waals surface area contributed by atoms with Gasteiger partial charge < -0.3 is 15.8 Å². The molecule has 0 aliphatic carbocycles. The Labute approximate surface area is 122 Å². The number of anilines is 1. The number of fused-ring (bicyclic) bond motifs is 1. The highest BCUT2D eigenvalue weighted by molar-refractivity contribution is 7.21. The van der Waals surface area contributed by atoms with Gasteiger partial charge in [0.15, 0.2) is 0 Å². The summed E-state index contributed by atoms with van der Waals surface area (Å²) in [4.78, 5) is 12.7. The van der Waals surface area contributed by atoms with E-state index in [1.165, 1.54) is 11.3 Å². The van der Waals surface area contributed by atoms with Gasteiger partial charge >= 0.3 is 0 Å². The van der Waals surface area contributed by atoms with Gasteiger partial charge in [0.2, 0.25) is 0 Å². The van der Waals surface area contributed by atoms with E-state index in [0.717, 1.165) is 10.1 Å². The first-order valence-electron chi connectivity index (χ1n) is 6.72. The Morgan fingerprint density at radius 1 is 1.40 bits per heavy atom. The number of hydrogen-bond acceptors (Lipinski definition) is 4. The Morgan fingerprint density at radius 3 is 2.85 bits per heavy atom.